The van der Waals surface area contributed by atoms with Crippen molar-refractivity contribution in [3.8, 4) is 5.75 Å². The molecule has 3 aromatic rings. The molecule has 0 heterocycles. The fourth-order valence-corrected chi connectivity index (χ4v) is 4.36. The third kappa shape index (κ3) is 7.46. The van der Waals surface area contributed by atoms with Crippen molar-refractivity contribution in [2.45, 2.75) is 17.4 Å². The Hall–Kier alpha value is -3.11. The Labute approximate surface area is 206 Å². The Balaban J connectivity index is 1.78. The maximum atomic E-state index is 13.0. The number of anilines is 1. The summed E-state index contributed by atoms with van der Waals surface area (Å²) in [5.74, 6) is -1.30. The number of hydrogen-bond donors (Lipinski definition) is 3. The Morgan fingerprint density at radius 1 is 0.941 bits per heavy atom. The monoisotopic (exact) mass is 522 g/mol. The van der Waals surface area contributed by atoms with Crippen LogP contribution in [0.2, 0.25) is 10.0 Å². The molecule has 8 nitrogen and oxygen atoms in total. The SMILES string of the molecule is O=C(O)Cc1ccc(NC(=O)C(COc2cccc(Cl)c2)NS(=O)(=O)c2ccc(Cl)cc2)cc1. The molecule has 1 amide bonds. The van der Waals surface area contributed by atoms with Crippen LogP contribution in [0.15, 0.2) is 77.7 Å². The Bertz CT molecular complexity index is 1270. The van der Waals surface area contributed by atoms with Crippen LogP contribution in [0.5, 0.6) is 5.75 Å². The smallest absolute Gasteiger partial charge is 0.307 e. The van der Waals surface area contributed by atoms with Crippen molar-refractivity contribution in [2.24, 2.45) is 0 Å². The van der Waals surface area contributed by atoms with Crippen molar-refractivity contribution >= 4 is 50.8 Å². The van der Waals surface area contributed by atoms with Crippen LogP contribution in [-0.2, 0) is 26.0 Å². The highest BCUT2D eigenvalue weighted by Crippen LogP contribution is 2.19. The molecule has 0 saturated heterocycles. The number of sulfonamides is 1. The number of ether oxygens (including phenoxy) is 1. The van der Waals surface area contributed by atoms with E-state index < -0.39 is 27.9 Å². The van der Waals surface area contributed by atoms with Crippen LogP contribution in [0.3, 0.4) is 0 Å². The van der Waals surface area contributed by atoms with Crippen molar-refractivity contribution in [2.75, 3.05) is 11.9 Å². The fraction of sp³-hybridized carbons (Fsp3) is 0.130. The highest BCUT2D eigenvalue weighted by Gasteiger charge is 2.27. The molecular formula is C23H20Cl2N2O6S. The first kappa shape index (κ1) is 25.5. The van der Waals surface area contributed by atoms with Gasteiger partial charge in [-0.05, 0) is 60.2 Å². The number of rotatable bonds is 10. The topological polar surface area (TPSA) is 122 Å². The molecule has 1 unspecified atom stereocenters. The average Bonchev–Trinajstić information content (AvgIpc) is 2.78. The number of carboxylic acid groups (broad SMARTS) is 1. The highest BCUT2D eigenvalue weighted by molar-refractivity contribution is 7.89. The third-order valence-electron chi connectivity index (χ3n) is 4.53. The summed E-state index contributed by atoms with van der Waals surface area (Å²) in [6.45, 7) is -0.323. The van der Waals surface area contributed by atoms with Crippen LogP contribution in [-0.4, -0.2) is 38.0 Å². The standard InChI is InChI=1S/C23H20Cl2N2O6S/c24-16-6-10-20(11-7-16)34(31,32)27-21(14-33-19-3-1-2-17(25)13-19)23(30)26-18-8-4-15(5-9-18)12-22(28)29/h1-11,13,21,27H,12,14H2,(H,26,30)(H,28,29). The molecule has 0 spiro atoms. The Kier molecular flexibility index (Phi) is 8.51. The van der Waals surface area contributed by atoms with Crippen LogP contribution < -0.4 is 14.8 Å². The van der Waals surface area contributed by atoms with Crippen molar-refractivity contribution < 1.29 is 27.9 Å². The lowest BCUT2D eigenvalue weighted by molar-refractivity contribution is -0.136. The van der Waals surface area contributed by atoms with Gasteiger partial charge in [0.05, 0.1) is 11.3 Å². The van der Waals surface area contributed by atoms with E-state index in [0.29, 0.717) is 27.0 Å². The van der Waals surface area contributed by atoms with Gasteiger partial charge in [-0.15, -0.1) is 0 Å². The lowest BCUT2D eigenvalue weighted by Crippen LogP contribution is -2.47. The zero-order chi connectivity index (χ0) is 24.7. The van der Waals surface area contributed by atoms with E-state index in [2.05, 4.69) is 10.0 Å². The largest absolute Gasteiger partial charge is 0.491 e. The van der Waals surface area contributed by atoms with Crippen LogP contribution in [0.1, 0.15) is 5.56 Å². The summed E-state index contributed by atoms with van der Waals surface area (Å²) in [7, 11) is -4.09. The second-order valence-corrected chi connectivity index (χ2v) is 9.74. The van der Waals surface area contributed by atoms with Gasteiger partial charge in [0, 0.05) is 15.7 Å². The summed E-state index contributed by atoms with van der Waals surface area (Å²) >= 11 is 11.8. The maximum absolute atomic E-state index is 13.0. The molecule has 3 rings (SSSR count). The second-order valence-electron chi connectivity index (χ2n) is 7.15. The molecular weight excluding hydrogens is 503 g/mol. The zero-order valence-corrected chi connectivity index (χ0v) is 19.9. The van der Waals surface area contributed by atoms with E-state index in [0.717, 1.165) is 0 Å². The molecule has 0 bridgehead atoms. The van der Waals surface area contributed by atoms with Crippen LogP contribution in [0.25, 0.3) is 0 Å². The molecule has 1 atom stereocenters. The number of benzene rings is 3. The first-order valence-electron chi connectivity index (χ1n) is 9.90. The van der Waals surface area contributed by atoms with Gasteiger partial charge in [0.1, 0.15) is 18.4 Å². The minimum Gasteiger partial charge on any atom is -0.491 e. The number of aliphatic carboxylic acids is 1. The molecule has 0 saturated carbocycles. The number of carbonyl (C=O) groups is 2. The molecule has 0 fully saturated rings. The van der Waals surface area contributed by atoms with Gasteiger partial charge >= 0.3 is 5.97 Å². The zero-order valence-electron chi connectivity index (χ0n) is 17.6. The number of carbonyl (C=O) groups excluding carboxylic acids is 1. The molecule has 0 aliphatic carbocycles. The van der Waals surface area contributed by atoms with E-state index in [1.54, 1.807) is 30.3 Å². The Morgan fingerprint density at radius 3 is 2.24 bits per heavy atom. The third-order valence-corrected chi connectivity index (χ3v) is 6.50. The van der Waals surface area contributed by atoms with E-state index in [1.807, 2.05) is 0 Å². The second kappa shape index (κ2) is 11.3. The quantitative estimate of drug-likeness (QED) is 0.370. The van der Waals surface area contributed by atoms with Crippen LogP contribution in [0, 0.1) is 0 Å². The summed E-state index contributed by atoms with van der Waals surface area (Å²) in [4.78, 5) is 23.7. The average molecular weight is 523 g/mol. The first-order valence-corrected chi connectivity index (χ1v) is 12.1. The maximum Gasteiger partial charge on any atom is 0.307 e. The molecule has 3 aromatic carbocycles. The highest BCUT2D eigenvalue weighted by atomic mass is 35.5. The number of carboxylic acids is 1. The van der Waals surface area contributed by atoms with E-state index in [1.165, 1.54) is 42.5 Å². The van der Waals surface area contributed by atoms with E-state index in [-0.39, 0.29) is 17.9 Å². The first-order chi connectivity index (χ1) is 16.1. The van der Waals surface area contributed by atoms with E-state index in [9.17, 15) is 18.0 Å². The summed E-state index contributed by atoms with van der Waals surface area (Å²) in [5, 5.41) is 12.3. The number of hydrogen-bond acceptors (Lipinski definition) is 5. The lowest BCUT2D eigenvalue weighted by Gasteiger charge is -2.19. The van der Waals surface area contributed by atoms with Gasteiger partial charge < -0.3 is 15.2 Å². The molecule has 11 heteroatoms. The summed E-state index contributed by atoms with van der Waals surface area (Å²) < 4.78 is 33.7. The molecule has 0 aliphatic heterocycles. The van der Waals surface area contributed by atoms with Gasteiger partial charge in [-0.1, -0.05) is 41.4 Å². The van der Waals surface area contributed by atoms with Gasteiger partial charge in [-0.3, -0.25) is 9.59 Å². The molecule has 0 aromatic heterocycles. The van der Waals surface area contributed by atoms with Crippen molar-refractivity contribution in [1.82, 2.24) is 4.72 Å². The number of amides is 1. The Morgan fingerprint density at radius 2 is 1.62 bits per heavy atom. The van der Waals surface area contributed by atoms with Crippen LogP contribution >= 0.6 is 23.2 Å². The fourth-order valence-electron chi connectivity index (χ4n) is 2.88. The summed E-state index contributed by atoms with van der Waals surface area (Å²) in [6.07, 6.45) is -0.161. The molecule has 3 N–H and O–H groups in total. The van der Waals surface area contributed by atoms with E-state index in [4.69, 9.17) is 33.0 Å². The predicted octanol–water partition coefficient (Wildman–Crippen LogP) is 3.99. The number of halogens is 2. The lowest BCUT2D eigenvalue weighted by atomic mass is 10.1. The van der Waals surface area contributed by atoms with Gasteiger partial charge in [0.15, 0.2) is 0 Å². The van der Waals surface area contributed by atoms with Gasteiger partial charge in [-0.25, -0.2) is 8.42 Å². The predicted molar refractivity (Wildman–Crippen MR) is 129 cm³/mol. The molecule has 178 valence electrons. The number of nitrogens with one attached hydrogen (secondary N) is 2. The van der Waals surface area contributed by atoms with Gasteiger partial charge in [0.2, 0.25) is 15.9 Å². The molecule has 0 radical (unpaired) electrons. The van der Waals surface area contributed by atoms with E-state index >= 15 is 0 Å². The molecule has 0 aliphatic rings. The minimum atomic E-state index is -4.09. The summed E-state index contributed by atoms with van der Waals surface area (Å²) in [6, 6.07) is 16.8. The van der Waals surface area contributed by atoms with Crippen molar-refractivity contribution in [3.05, 3.63) is 88.4 Å². The van der Waals surface area contributed by atoms with Gasteiger partial charge in [-0.2, -0.15) is 4.72 Å². The summed E-state index contributed by atoms with van der Waals surface area (Å²) in [5.41, 5.74) is 0.910. The van der Waals surface area contributed by atoms with Crippen molar-refractivity contribution in [3.63, 3.8) is 0 Å². The minimum absolute atomic E-state index is 0.0736. The van der Waals surface area contributed by atoms with Gasteiger partial charge in [0.25, 0.3) is 0 Å². The normalized spacial score (nSPS) is 12.1. The van der Waals surface area contributed by atoms with Crippen LogP contribution in [0.4, 0.5) is 5.69 Å². The molecule has 34 heavy (non-hydrogen) atoms. The van der Waals surface area contributed by atoms with Crippen molar-refractivity contribution in [1.29, 1.82) is 0 Å².